The van der Waals surface area contributed by atoms with Crippen LogP contribution in [0.15, 0.2) is 35.2 Å². The lowest BCUT2D eigenvalue weighted by atomic mass is 10.1. The van der Waals surface area contributed by atoms with E-state index in [1.165, 1.54) is 18.2 Å². The number of hydrogen-bond donors (Lipinski definition) is 0. The molecule has 0 N–H and O–H groups in total. The van der Waals surface area contributed by atoms with E-state index in [2.05, 4.69) is 22.6 Å². The molecule has 3 rings (SSSR count). The van der Waals surface area contributed by atoms with Crippen LogP contribution in [0.5, 0.6) is 11.5 Å². The van der Waals surface area contributed by atoms with Crippen LogP contribution in [0.3, 0.4) is 0 Å². The number of carbonyl (C=O) groups excluding carboxylic acids is 2. The van der Waals surface area contributed by atoms with Gasteiger partial charge in [-0.25, -0.2) is 4.39 Å². The monoisotopic (exact) mass is 575 g/mol. The molecule has 2 amide bonds. The van der Waals surface area contributed by atoms with Crippen LogP contribution in [0.4, 0.5) is 9.18 Å². The summed E-state index contributed by atoms with van der Waals surface area (Å²) in [6.07, 6.45) is 2.49. The van der Waals surface area contributed by atoms with Crippen molar-refractivity contribution in [2.24, 2.45) is 0 Å². The SMILES string of the molecule is CCCOc1c(I)cc(/C=C2\SC(=O)N(Cc3c(F)cccc3Cl)C2=O)cc1OCC. The lowest BCUT2D eigenvalue weighted by Crippen LogP contribution is -2.28. The summed E-state index contributed by atoms with van der Waals surface area (Å²) in [4.78, 5) is 26.5. The zero-order valence-corrected chi connectivity index (χ0v) is 20.6. The number of halogens is 3. The Morgan fingerprint density at radius 1 is 1.23 bits per heavy atom. The minimum absolute atomic E-state index is 0.110. The third-order valence-electron chi connectivity index (χ3n) is 4.33. The predicted octanol–water partition coefficient (Wildman–Crippen LogP) is 6.51. The highest BCUT2D eigenvalue weighted by atomic mass is 127. The van der Waals surface area contributed by atoms with Crippen molar-refractivity contribution >= 4 is 63.2 Å². The van der Waals surface area contributed by atoms with Gasteiger partial charge in [0, 0.05) is 10.6 Å². The van der Waals surface area contributed by atoms with E-state index in [1.54, 1.807) is 12.1 Å². The molecule has 0 aliphatic carbocycles. The number of imide groups is 1. The van der Waals surface area contributed by atoms with Gasteiger partial charge in [0.1, 0.15) is 5.82 Å². The van der Waals surface area contributed by atoms with E-state index < -0.39 is 17.0 Å². The van der Waals surface area contributed by atoms with E-state index in [-0.39, 0.29) is 22.0 Å². The number of ether oxygens (including phenoxy) is 2. The normalized spacial score (nSPS) is 15.1. The zero-order valence-electron chi connectivity index (χ0n) is 16.9. The standard InChI is InChI=1S/C22H20ClFINO4S/c1-3-8-30-20-17(25)9-13(10-18(20)29-4-2)11-19-21(27)26(22(28)31-19)12-14-15(23)6-5-7-16(14)24/h5-7,9-11H,3-4,8,12H2,1-2H3/b19-11-. The molecule has 1 heterocycles. The summed E-state index contributed by atoms with van der Waals surface area (Å²) in [5.74, 6) is 0.179. The molecular formula is C22H20ClFINO4S. The highest BCUT2D eigenvalue weighted by molar-refractivity contribution is 14.1. The van der Waals surface area contributed by atoms with Gasteiger partial charge in [0.2, 0.25) is 0 Å². The Kier molecular flexibility index (Phi) is 8.23. The van der Waals surface area contributed by atoms with E-state index in [9.17, 15) is 14.0 Å². The van der Waals surface area contributed by atoms with Crippen LogP contribution in [0.2, 0.25) is 5.02 Å². The van der Waals surface area contributed by atoms with Gasteiger partial charge in [-0.1, -0.05) is 24.6 Å². The van der Waals surface area contributed by atoms with Crippen LogP contribution in [-0.2, 0) is 11.3 Å². The Labute approximate surface area is 203 Å². The molecule has 1 aliphatic heterocycles. The molecule has 0 spiro atoms. The molecule has 0 radical (unpaired) electrons. The molecule has 5 nitrogen and oxygen atoms in total. The summed E-state index contributed by atoms with van der Waals surface area (Å²) in [6, 6.07) is 7.87. The summed E-state index contributed by atoms with van der Waals surface area (Å²) in [5.41, 5.74) is 0.810. The maximum atomic E-state index is 14.1. The number of rotatable bonds is 8. The molecule has 31 heavy (non-hydrogen) atoms. The van der Waals surface area contributed by atoms with Crippen LogP contribution in [-0.4, -0.2) is 29.3 Å². The average molecular weight is 576 g/mol. The van der Waals surface area contributed by atoms with Crippen molar-refractivity contribution in [1.29, 1.82) is 0 Å². The first kappa shape index (κ1) is 23.9. The van der Waals surface area contributed by atoms with Gasteiger partial charge in [-0.2, -0.15) is 0 Å². The minimum atomic E-state index is -0.561. The van der Waals surface area contributed by atoms with Crippen LogP contribution in [0.25, 0.3) is 6.08 Å². The van der Waals surface area contributed by atoms with E-state index in [4.69, 9.17) is 21.1 Å². The molecular weight excluding hydrogens is 556 g/mol. The van der Waals surface area contributed by atoms with Gasteiger partial charge in [-0.15, -0.1) is 0 Å². The second kappa shape index (κ2) is 10.7. The van der Waals surface area contributed by atoms with Crippen LogP contribution in [0, 0.1) is 9.39 Å². The molecule has 0 aromatic heterocycles. The summed E-state index contributed by atoms with van der Waals surface area (Å²) >= 11 is 9.01. The van der Waals surface area contributed by atoms with Gasteiger partial charge >= 0.3 is 0 Å². The van der Waals surface area contributed by atoms with Gasteiger partial charge in [0.15, 0.2) is 11.5 Å². The predicted molar refractivity (Wildman–Crippen MR) is 129 cm³/mol. The molecule has 1 aliphatic rings. The minimum Gasteiger partial charge on any atom is -0.490 e. The number of thioether (sulfide) groups is 1. The third-order valence-corrected chi connectivity index (χ3v) is 6.39. The van der Waals surface area contributed by atoms with E-state index in [1.807, 2.05) is 19.9 Å². The fourth-order valence-corrected chi connectivity index (χ4v) is 4.75. The van der Waals surface area contributed by atoms with Crippen LogP contribution < -0.4 is 9.47 Å². The van der Waals surface area contributed by atoms with Gasteiger partial charge in [0.05, 0.1) is 28.2 Å². The summed E-state index contributed by atoms with van der Waals surface area (Å²) in [5, 5.41) is -0.306. The molecule has 9 heteroatoms. The van der Waals surface area contributed by atoms with Gasteiger partial charge in [0.25, 0.3) is 11.1 Å². The number of hydrogen-bond acceptors (Lipinski definition) is 5. The Balaban J connectivity index is 1.88. The largest absolute Gasteiger partial charge is 0.490 e. The highest BCUT2D eigenvalue weighted by Gasteiger charge is 2.36. The first-order valence-corrected chi connectivity index (χ1v) is 11.9. The lowest BCUT2D eigenvalue weighted by Gasteiger charge is -2.15. The summed E-state index contributed by atoms with van der Waals surface area (Å²) in [7, 11) is 0. The Hall–Kier alpha value is -1.78. The van der Waals surface area contributed by atoms with E-state index in [0.717, 1.165) is 26.7 Å². The molecule has 2 aromatic carbocycles. The zero-order chi connectivity index (χ0) is 22.5. The molecule has 164 valence electrons. The van der Waals surface area contributed by atoms with Crippen LogP contribution in [0.1, 0.15) is 31.4 Å². The highest BCUT2D eigenvalue weighted by Crippen LogP contribution is 2.38. The van der Waals surface area contributed by atoms with E-state index >= 15 is 0 Å². The van der Waals surface area contributed by atoms with Gasteiger partial charge < -0.3 is 9.47 Å². The maximum Gasteiger partial charge on any atom is 0.293 e. The first-order valence-electron chi connectivity index (χ1n) is 9.63. The van der Waals surface area contributed by atoms with Gasteiger partial charge in [-0.05, 0) is 83.6 Å². The van der Waals surface area contributed by atoms with Crippen molar-refractivity contribution in [2.45, 2.75) is 26.8 Å². The number of amides is 2. The first-order chi connectivity index (χ1) is 14.8. The summed E-state index contributed by atoms with van der Waals surface area (Å²) in [6.45, 7) is 4.70. The molecule has 1 saturated heterocycles. The van der Waals surface area contributed by atoms with Gasteiger partial charge in [-0.3, -0.25) is 14.5 Å². The van der Waals surface area contributed by atoms with Crippen molar-refractivity contribution in [3.8, 4) is 11.5 Å². The molecule has 0 unspecified atom stereocenters. The van der Waals surface area contributed by atoms with Crippen molar-refractivity contribution in [3.05, 3.63) is 60.8 Å². The Morgan fingerprint density at radius 3 is 2.68 bits per heavy atom. The maximum absolute atomic E-state index is 14.1. The fourth-order valence-electron chi connectivity index (χ4n) is 2.91. The molecule has 0 saturated carbocycles. The molecule has 0 atom stereocenters. The molecule has 1 fully saturated rings. The lowest BCUT2D eigenvalue weighted by molar-refractivity contribution is -0.123. The molecule has 2 aromatic rings. The smallest absolute Gasteiger partial charge is 0.293 e. The third kappa shape index (κ3) is 5.53. The topological polar surface area (TPSA) is 55.8 Å². The quantitative estimate of drug-likeness (QED) is 0.265. The number of benzene rings is 2. The number of nitrogens with zero attached hydrogens (tertiary/aromatic N) is 1. The van der Waals surface area contributed by atoms with E-state index in [0.29, 0.717) is 30.3 Å². The Morgan fingerprint density at radius 2 is 2.00 bits per heavy atom. The van der Waals surface area contributed by atoms with Crippen LogP contribution >= 0.6 is 46.0 Å². The second-order valence-corrected chi connectivity index (χ2v) is 9.14. The average Bonchev–Trinajstić information content (AvgIpc) is 2.97. The Bertz CT molecular complexity index is 1030. The second-order valence-electron chi connectivity index (χ2n) is 6.58. The van der Waals surface area contributed by atoms with Crippen molar-refractivity contribution in [2.75, 3.05) is 13.2 Å². The van der Waals surface area contributed by atoms with Crippen molar-refractivity contribution in [1.82, 2.24) is 4.90 Å². The fraction of sp³-hybridized carbons (Fsp3) is 0.273. The van der Waals surface area contributed by atoms with Crippen molar-refractivity contribution < 1.29 is 23.5 Å². The summed E-state index contributed by atoms with van der Waals surface area (Å²) < 4.78 is 26.5. The molecule has 0 bridgehead atoms. The number of carbonyl (C=O) groups is 2. The van der Waals surface area contributed by atoms with Crippen molar-refractivity contribution in [3.63, 3.8) is 0 Å².